The maximum atomic E-state index is 11.7. The maximum Gasteiger partial charge on any atom is 0.255 e. The molecule has 1 aromatic carbocycles. The number of amides is 1. The van der Waals surface area contributed by atoms with E-state index in [9.17, 15) is 4.79 Å². The molecule has 0 aliphatic rings. The van der Waals surface area contributed by atoms with Gasteiger partial charge < -0.3 is 20.5 Å². The van der Waals surface area contributed by atoms with Crippen LogP contribution in [0.15, 0.2) is 18.2 Å². The molecule has 5 heteroatoms. The summed E-state index contributed by atoms with van der Waals surface area (Å²) in [5, 5.41) is 2.68. The van der Waals surface area contributed by atoms with Crippen LogP contribution in [0.1, 0.15) is 10.4 Å². The van der Waals surface area contributed by atoms with Gasteiger partial charge in [0.2, 0.25) is 0 Å². The van der Waals surface area contributed by atoms with E-state index in [-0.39, 0.29) is 5.91 Å². The number of nitrogens with two attached hydrogens (primary N) is 1. The third-order valence-corrected chi connectivity index (χ3v) is 2.08. The van der Waals surface area contributed by atoms with Gasteiger partial charge in [-0.2, -0.15) is 0 Å². The van der Waals surface area contributed by atoms with Crippen LogP contribution in [0, 0.1) is 0 Å². The minimum Gasteiger partial charge on any atom is -0.497 e. The second kappa shape index (κ2) is 5.97. The fourth-order valence-electron chi connectivity index (χ4n) is 1.27. The summed E-state index contributed by atoms with van der Waals surface area (Å²) in [4.78, 5) is 11.7. The molecule has 1 aromatic rings. The lowest BCUT2D eigenvalue weighted by molar-refractivity contribution is 0.0951. The SMILES string of the molecule is COc1ccc(OC)c(C(=O)NCCN)c1. The highest BCUT2D eigenvalue weighted by molar-refractivity contribution is 5.97. The van der Waals surface area contributed by atoms with Crippen molar-refractivity contribution < 1.29 is 14.3 Å². The Bertz CT molecular complexity index is 366. The highest BCUT2D eigenvalue weighted by atomic mass is 16.5. The van der Waals surface area contributed by atoms with Crippen LogP contribution in [0.25, 0.3) is 0 Å². The van der Waals surface area contributed by atoms with Crippen molar-refractivity contribution in [2.45, 2.75) is 0 Å². The second-order valence-electron chi connectivity index (χ2n) is 3.11. The summed E-state index contributed by atoms with van der Waals surface area (Å²) in [6, 6.07) is 5.05. The van der Waals surface area contributed by atoms with E-state index in [0.29, 0.717) is 30.2 Å². The van der Waals surface area contributed by atoms with Crippen LogP contribution < -0.4 is 20.5 Å². The number of ether oxygens (including phenoxy) is 2. The summed E-state index contributed by atoms with van der Waals surface area (Å²) in [7, 11) is 3.06. The van der Waals surface area contributed by atoms with Crippen LogP contribution in [-0.2, 0) is 0 Å². The van der Waals surface area contributed by atoms with E-state index in [4.69, 9.17) is 15.2 Å². The topological polar surface area (TPSA) is 73.6 Å². The minimum absolute atomic E-state index is 0.221. The Labute approximate surface area is 94.5 Å². The van der Waals surface area contributed by atoms with Gasteiger partial charge >= 0.3 is 0 Å². The number of hydrogen-bond acceptors (Lipinski definition) is 4. The predicted octanol–water partition coefficient (Wildman–Crippen LogP) is 0.392. The average molecular weight is 224 g/mol. The van der Waals surface area contributed by atoms with Crippen molar-refractivity contribution in [1.82, 2.24) is 5.32 Å². The molecule has 0 aliphatic heterocycles. The molecule has 0 heterocycles. The molecule has 0 aromatic heterocycles. The smallest absolute Gasteiger partial charge is 0.255 e. The quantitative estimate of drug-likeness (QED) is 0.759. The Kier molecular flexibility index (Phi) is 4.60. The summed E-state index contributed by atoms with van der Waals surface area (Å²) in [5.74, 6) is 0.898. The van der Waals surface area contributed by atoms with E-state index in [1.54, 1.807) is 25.3 Å². The van der Waals surface area contributed by atoms with Gasteiger partial charge in [-0.1, -0.05) is 0 Å². The summed E-state index contributed by atoms with van der Waals surface area (Å²) in [6.45, 7) is 0.831. The summed E-state index contributed by atoms with van der Waals surface area (Å²) < 4.78 is 10.1. The number of rotatable bonds is 5. The number of benzene rings is 1. The molecule has 0 radical (unpaired) electrons. The fourth-order valence-corrected chi connectivity index (χ4v) is 1.27. The van der Waals surface area contributed by atoms with Gasteiger partial charge in [-0.3, -0.25) is 4.79 Å². The standard InChI is InChI=1S/C11H16N2O3/c1-15-8-3-4-10(16-2)9(7-8)11(14)13-6-5-12/h3-4,7H,5-6,12H2,1-2H3,(H,13,14). The number of nitrogens with one attached hydrogen (secondary N) is 1. The van der Waals surface area contributed by atoms with Crippen molar-refractivity contribution in [1.29, 1.82) is 0 Å². The van der Waals surface area contributed by atoms with E-state index in [1.165, 1.54) is 7.11 Å². The van der Waals surface area contributed by atoms with E-state index in [2.05, 4.69) is 5.32 Å². The highest BCUT2D eigenvalue weighted by Gasteiger charge is 2.12. The highest BCUT2D eigenvalue weighted by Crippen LogP contribution is 2.23. The molecule has 0 aliphatic carbocycles. The monoisotopic (exact) mass is 224 g/mol. The zero-order valence-corrected chi connectivity index (χ0v) is 9.45. The lowest BCUT2D eigenvalue weighted by atomic mass is 10.1. The van der Waals surface area contributed by atoms with Crippen molar-refractivity contribution in [3.05, 3.63) is 23.8 Å². The zero-order valence-electron chi connectivity index (χ0n) is 9.45. The molecule has 3 N–H and O–H groups in total. The number of hydrogen-bond donors (Lipinski definition) is 2. The molecule has 1 rings (SSSR count). The number of methoxy groups -OCH3 is 2. The Hall–Kier alpha value is -1.75. The van der Waals surface area contributed by atoms with Gasteiger partial charge in [0, 0.05) is 13.1 Å². The second-order valence-corrected chi connectivity index (χ2v) is 3.11. The van der Waals surface area contributed by atoms with Crippen LogP contribution >= 0.6 is 0 Å². The summed E-state index contributed by atoms with van der Waals surface area (Å²) >= 11 is 0. The van der Waals surface area contributed by atoms with E-state index < -0.39 is 0 Å². The molecule has 0 saturated carbocycles. The van der Waals surface area contributed by atoms with Crippen molar-refractivity contribution in [3.63, 3.8) is 0 Å². The van der Waals surface area contributed by atoms with Crippen molar-refractivity contribution in [3.8, 4) is 11.5 Å². The molecule has 88 valence electrons. The molecular weight excluding hydrogens is 208 g/mol. The molecule has 0 spiro atoms. The average Bonchev–Trinajstić information content (AvgIpc) is 2.35. The molecule has 0 bridgehead atoms. The Morgan fingerprint density at radius 1 is 1.38 bits per heavy atom. The van der Waals surface area contributed by atoms with Gasteiger partial charge in [-0.15, -0.1) is 0 Å². The Morgan fingerprint density at radius 3 is 2.69 bits per heavy atom. The minimum atomic E-state index is -0.221. The van der Waals surface area contributed by atoms with Gasteiger partial charge in [0.05, 0.1) is 19.8 Å². The van der Waals surface area contributed by atoms with Crippen molar-refractivity contribution >= 4 is 5.91 Å². The molecule has 0 fully saturated rings. The molecule has 0 saturated heterocycles. The summed E-state index contributed by atoms with van der Waals surface area (Å²) in [6.07, 6.45) is 0. The first-order chi connectivity index (χ1) is 7.72. The van der Waals surface area contributed by atoms with Crippen molar-refractivity contribution in [2.75, 3.05) is 27.3 Å². The van der Waals surface area contributed by atoms with Crippen LogP contribution in [0.4, 0.5) is 0 Å². The lowest BCUT2D eigenvalue weighted by Crippen LogP contribution is -2.29. The molecule has 5 nitrogen and oxygen atoms in total. The fraction of sp³-hybridized carbons (Fsp3) is 0.364. The molecule has 16 heavy (non-hydrogen) atoms. The van der Waals surface area contributed by atoms with Gasteiger partial charge in [0.1, 0.15) is 11.5 Å². The number of carbonyl (C=O) groups is 1. The molecule has 1 amide bonds. The first kappa shape index (κ1) is 12.3. The van der Waals surface area contributed by atoms with Crippen molar-refractivity contribution in [2.24, 2.45) is 5.73 Å². The van der Waals surface area contributed by atoms with Gasteiger partial charge in [-0.25, -0.2) is 0 Å². The molecule has 0 atom stereocenters. The van der Waals surface area contributed by atoms with Gasteiger partial charge in [0.15, 0.2) is 0 Å². The third-order valence-electron chi connectivity index (χ3n) is 2.08. The van der Waals surface area contributed by atoms with Gasteiger partial charge in [0.25, 0.3) is 5.91 Å². The molecular formula is C11H16N2O3. The van der Waals surface area contributed by atoms with E-state index >= 15 is 0 Å². The predicted molar refractivity (Wildman–Crippen MR) is 60.9 cm³/mol. The zero-order chi connectivity index (χ0) is 12.0. The first-order valence-corrected chi connectivity index (χ1v) is 4.93. The van der Waals surface area contributed by atoms with Crippen LogP contribution in [-0.4, -0.2) is 33.2 Å². The summed E-state index contributed by atoms with van der Waals surface area (Å²) in [5.41, 5.74) is 5.75. The Morgan fingerprint density at radius 2 is 2.12 bits per heavy atom. The Balaban J connectivity index is 2.94. The van der Waals surface area contributed by atoms with Crippen LogP contribution in [0.5, 0.6) is 11.5 Å². The lowest BCUT2D eigenvalue weighted by Gasteiger charge is -2.10. The van der Waals surface area contributed by atoms with E-state index in [0.717, 1.165) is 0 Å². The van der Waals surface area contributed by atoms with Crippen LogP contribution in [0.2, 0.25) is 0 Å². The first-order valence-electron chi connectivity index (χ1n) is 4.93. The van der Waals surface area contributed by atoms with Crippen LogP contribution in [0.3, 0.4) is 0 Å². The largest absolute Gasteiger partial charge is 0.497 e. The molecule has 0 unspecified atom stereocenters. The van der Waals surface area contributed by atoms with Gasteiger partial charge in [-0.05, 0) is 18.2 Å². The third kappa shape index (κ3) is 2.87. The number of carbonyl (C=O) groups excluding carboxylic acids is 1. The van der Waals surface area contributed by atoms with E-state index in [1.807, 2.05) is 0 Å². The maximum absolute atomic E-state index is 11.7. The normalized spacial score (nSPS) is 9.69.